The van der Waals surface area contributed by atoms with Crippen LogP contribution in [0.5, 0.6) is 0 Å². The van der Waals surface area contributed by atoms with Crippen molar-refractivity contribution in [1.82, 2.24) is 29.4 Å². The number of esters is 1. The van der Waals surface area contributed by atoms with Gasteiger partial charge in [0, 0.05) is 50.5 Å². The first-order valence-electron chi connectivity index (χ1n) is 10.9. The highest BCUT2D eigenvalue weighted by Gasteiger charge is 2.22. The second-order valence-electron chi connectivity index (χ2n) is 8.04. The quantitative estimate of drug-likeness (QED) is 0.519. The highest BCUT2D eigenvalue weighted by molar-refractivity contribution is 5.80. The van der Waals surface area contributed by atoms with E-state index in [0.29, 0.717) is 25.3 Å². The van der Waals surface area contributed by atoms with E-state index in [1.54, 1.807) is 9.42 Å². The van der Waals surface area contributed by atoms with E-state index in [2.05, 4.69) is 32.1 Å². The minimum atomic E-state index is -0.390. The molecule has 9 heteroatoms. The van der Waals surface area contributed by atoms with Crippen molar-refractivity contribution in [2.75, 3.05) is 32.8 Å². The standard InChI is InChI=1S/C23H28N6O3/c1-17-20(18(2)29-23(26-17)24-16-25-29)8-9-22(31)32-15-21(30)28-12-10-27(11-13-28)14-19-6-4-3-5-7-19/h3-7,16H,8-15H2,1-2H3. The Kier molecular flexibility index (Phi) is 6.75. The van der Waals surface area contributed by atoms with Crippen LogP contribution < -0.4 is 0 Å². The predicted molar refractivity (Wildman–Crippen MR) is 118 cm³/mol. The second-order valence-corrected chi connectivity index (χ2v) is 8.04. The molecule has 0 atom stereocenters. The summed E-state index contributed by atoms with van der Waals surface area (Å²) >= 11 is 0. The van der Waals surface area contributed by atoms with Crippen LogP contribution in [-0.2, 0) is 27.3 Å². The lowest BCUT2D eigenvalue weighted by atomic mass is 10.1. The Labute approximate surface area is 187 Å². The van der Waals surface area contributed by atoms with E-state index in [1.807, 2.05) is 32.0 Å². The first-order valence-corrected chi connectivity index (χ1v) is 10.9. The van der Waals surface area contributed by atoms with Crippen LogP contribution in [0.3, 0.4) is 0 Å². The van der Waals surface area contributed by atoms with Gasteiger partial charge in [0.25, 0.3) is 11.7 Å². The van der Waals surface area contributed by atoms with Gasteiger partial charge >= 0.3 is 5.97 Å². The third kappa shape index (κ3) is 5.11. The van der Waals surface area contributed by atoms with Crippen LogP contribution >= 0.6 is 0 Å². The van der Waals surface area contributed by atoms with Gasteiger partial charge in [-0.25, -0.2) is 9.50 Å². The van der Waals surface area contributed by atoms with Crippen molar-refractivity contribution in [3.8, 4) is 0 Å². The van der Waals surface area contributed by atoms with E-state index in [4.69, 9.17) is 4.74 Å². The first-order chi connectivity index (χ1) is 15.5. The molecule has 1 aromatic carbocycles. The van der Waals surface area contributed by atoms with Crippen molar-refractivity contribution in [3.63, 3.8) is 0 Å². The van der Waals surface area contributed by atoms with Crippen LogP contribution in [0, 0.1) is 13.8 Å². The molecule has 0 radical (unpaired) electrons. The average Bonchev–Trinajstić information content (AvgIpc) is 3.27. The van der Waals surface area contributed by atoms with Crippen LogP contribution in [0.25, 0.3) is 5.78 Å². The molecule has 2 aromatic heterocycles. The normalized spacial score (nSPS) is 14.6. The number of amides is 1. The number of fused-ring (bicyclic) bond motifs is 1. The Bertz CT molecular complexity index is 1090. The average molecular weight is 437 g/mol. The molecule has 4 rings (SSSR count). The monoisotopic (exact) mass is 436 g/mol. The number of piperazine rings is 1. The summed E-state index contributed by atoms with van der Waals surface area (Å²) in [4.78, 5) is 37.3. The van der Waals surface area contributed by atoms with E-state index in [0.717, 1.165) is 36.6 Å². The molecule has 0 spiro atoms. The fourth-order valence-electron chi connectivity index (χ4n) is 4.05. The summed E-state index contributed by atoms with van der Waals surface area (Å²) in [6, 6.07) is 10.3. The van der Waals surface area contributed by atoms with Gasteiger partial charge in [0.1, 0.15) is 6.33 Å². The van der Waals surface area contributed by atoms with Crippen molar-refractivity contribution in [3.05, 3.63) is 59.2 Å². The van der Waals surface area contributed by atoms with E-state index in [-0.39, 0.29) is 18.9 Å². The maximum Gasteiger partial charge on any atom is 0.306 e. The summed E-state index contributed by atoms with van der Waals surface area (Å²) < 4.78 is 6.92. The van der Waals surface area contributed by atoms with Crippen LogP contribution in [-0.4, -0.2) is 74.0 Å². The topological polar surface area (TPSA) is 92.9 Å². The minimum Gasteiger partial charge on any atom is -0.456 e. The Morgan fingerprint density at radius 1 is 1.06 bits per heavy atom. The molecule has 1 aliphatic rings. The number of aryl methyl sites for hydroxylation is 2. The molecule has 3 heterocycles. The highest BCUT2D eigenvalue weighted by atomic mass is 16.5. The molecule has 1 saturated heterocycles. The van der Waals surface area contributed by atoms with Gasteiger partial charge in [0.2, 0.25) is 0 Å². The molecule has 0 N–H and O–H groups in total. The van der Waals surface area contributed by atoms with Gasteiger partial charge in [0.15, 0.2) is 6.61 Å². The molecule has 1 aliphatic heterocycles. The first kappa shape index (κ1) is 21.9. The van der Waals surface area contributed by atoms with Crippen LogP contribution in [0.15, 0.2) is 36.7 Å². The van der Waals surface area contributed by atoms with Crippen molar-refractivity contribution in [2.45, 2.75) is 33.2 Å². The maximum atomic E-state index is 12.5. The number of benzene rings is 1. The number of hydrogen-bond acceptors (Lipinski definition) is 7. The fourth-order valence-corrected chi connectivity index (χ4v) is 4.05. The van der Waals surface area contributed by atoms with Gasteiger partial charge in [-0.2, -0.15) is 10.1 Å². The lowest BCUT2D eigenvalue weighted by Gasteiger charge is -2.34. The molecular formula is C23H28N6O3. The summed E-state index contributed by atoms with van der Waals surface area (Å²) in [6.45, 7) is 7.40. The van der Waals surface area contributed by atoms with Gasteiger partial charge in [-0.15, -0.1) is 0 Å². The Balaban J connectivity index is 1.20. The maximum absolute atomic E-state index is 12.5. The van der Waals surface area contributed by atoms with E-state index in [9.17, 15) is 9.59 Å². The molecule has 0 bridgehead atoms. The molecule has 1 amide bonds. The molecular weight excluding hydrogens is 408 g/mol. The number of carbonyl (C=O) groups excluding carboxylic acids is 2. The molecule has 0 unspecified atom stereocenters. The van der Waals surface area contributed by atoms with Crippen LogP contribution in [0.1, 0.15) is 28.9 Å². The second kappa shape index (κ2) is 9.86. The summed E-state index contributed by atoms with van der Waals surface area (Å²) in [5, 5.41) is 4.16. The van der Waals surface area contributed by atoms with E-state index >= 15 is 0 Å². The van der Waals surface area contributed by atoms with Gasteiger partial charge in [-0.1, -0.05) is 30.3 Å². The molecule has 1 fully saturated rings. The summed E-state index contributed by atoms with van der Waals surface area (Å²) in [6.07, 6.45) is 2.12. The fraction of sp³-hybridized carbons (Fsp3) is 0.435. The zero-order valence-electron chi connectivity index (χ0n) is 18.5. The summed E-state index contributed by atoms with van der Waals surface area (Å²) in [5.74, 6) is 0.00936. The Morgan fingerprint density at radius 2 is 1.81 bits per heavy atom. The minimum absolute atomic E-state index is 0.143. The largest absolute Gasteiger partial charge is 0.456 e. The summed E-state index contributed by atoms with van der Waals surface area (Å²) in [7, 11) is 0. The van der Waals surface area contributed by atoms with Crippen molar-refractivity contribution >= 4 is 17.7 Å². The van der Waals surface area contributed by atoms with Crippen molar-refractivity contribution in [2.24, 2.45) is 0 Å². The smallest absolute Gasteiger partial charge is 0.306 e. The Hall–Kier alpha value is -3.33. The molecule has 9 nitrogen and oxygen atoms in total. The molecule has 168 valence electrons. The van der Waals surface area contributed by atoms with Crippen molar-refractivity contribution in [1.29, 1.82) is 0 Å². The number of aromatic nitrogens is 4. The van der Waals surface area contributed by atoms with Crippen LogP contribution in [0.2, 0.25) is 0 Å². The number of carbonyl (C=O) groups is 2. The predicted octanol–water partition coefficient (Wildman–Crippen LogP) is 1.56. The lowest BCUT2D eigenvalue weighted by molar-refractivity contribution is -0.152. The third-order valence-corrected chi connectivity index (χ3v) is 5.90. The summed E-state index contributed by atoms with van der Waals surface area (Å²) in [5.41, 5.74) is 3.94. The molecule has 3 aromatic rings. The van der Waals surface area contributed by atoms with Gasteiger partial charge in [-0.05, 0) is 31.4 Å². The lowest BCUT2D eigenvalue weighted by Crippen LogP contribution is -2.49. The van der Waals surface area contributed by atoms with Crippen molar-refractivity contribution < 1.29 is 14.3 Å². The SMILES string of the molecule is Cc1nc2ncnn2c(C)c1CCC(=O)OCC(=O)N1CCN(Cc2ccccc2)CC1. The van der Waals surface area contributed by atoms with Gasteiger partial charge < -0.3 is 9.64 Å². The molecule has 0 aliphatic carbocycles. The number of ether oxygens (including phenoxy) is 1. The van der Waals surface area contributed by atoms with E-state index < -0.39 is 5.97 Å². The third-order valence-electron chi connectivity index (χ3n) is 5.90. The van der Waals surface area contributed by atoms with Gasteiger partial charge in [0.05, 0.1) is 0 Å². The zero-order chi connectivity index (χ0) is 22.5. The molecule has 32 heavy (non-hydrogen) atoms. The highest BCUT2D eigenvalue weighted by Crippen LogP contribution is 2.15. The van der Waals surface area contributed by atoms with Gasteiger partial charge in [-0.3, -0.25) is 14.5 Å². The Morgan fingerprint density at radius 3 is 2.56 bits per heavy atom. The van der Waals surface area contributed by atoms with E-state index in [1.165, 1.54) is 11.9 Å². The molecule has 0 saturated carbocycles. The zero-order valence-corrected chi connectivity index (χ0v) is 18.5. The van der Waals surface area contributed by atoms with Crippen LogP contribution in [0.4, 0.5) is 0 Å². The number of rotatable bonds is 7. The number of hydrogen-bond donors (Lipinski definition) is 0. The number of nitrogens with zero attached hydrogens (tertiary/aromatic N) is 6.